The number of likely N-dealkylation sites (tertiary alicyclic amines) is 1. The van der Waals surface area contributed by atoms with Gasteiger partial charge in [-0.15, -0.1) is 0 Å². The molecule has 1 aliphatic carbocycles. The van der Waals surface area contributed by atoms with Crippen LogP contribution in [-0.4, -0.2) is 52.4 Å². The lowest BCUT2D eigenvalue weighted by Gasteiger charge is -2.27. The van der Waals surface area contributed by atoms with Crippen LogP contribution in [0.3, 0.4) is 0 Å². The number of aryl methyl sites for hydroxylation is 2. The fourth-order valence-electron chi connectivity index (χ4n) is 4.95. The normalized spacial score (nSPS) is 32.9. The Labute approximate surface area is 142 Å². The molecule has 0 radical (unpaired) electrons. The van der Waals surface area contributed by atoms with Gasteiger partial charge in [0, 0.05) is 44.6 Å². The molecule has 2 fully saturated rings. The zero-order chi connectivity index (χ0) is 17.1. The third-order valence-corrected chi connectivity index (χ3v) is 6.30. The summed E-state index contributed by atoms with van der Waals surface area (Å²) in [6.45, 7) is 8.89. The van der Waals surface area contributed by atoms with Gasteiger partial charge in [0.15, 0.2) is 0 Å². The van der Waals surface area contributed by atoms with Crippen molar-refractivity contribution in [2.45, 2.75) is 52.1 Å². The van der Waals surface area contributed by atoms with Crippen molar-refractivity contribution in [3.8, 4) is 0 Å². The minimum Gasteiger partial charge on any atom is -0.361 e. The maximum absolute atomic E-state index is 12.9. The van der Waals surface area contributed by atoms with E-state index in [1.54, 1.807) is 4.90 Å². The average molecular weight is 330 g/mol. The van der Waals surface area contributed by atoms with Crippen LogP contribution in [0.15, 0.2) is 9.52 Å². The number of aliphatic imine (C=N–C) groups is 1. The van der Waals surface area contributed by atoms with Crippen molar-refractivity contribution in [2.75, 3.05) is 20.1 Å². The second kappa shape index (κ2) is 5.41. The number of hydrogen-bond donors (Lipinski definition) is 0. The molecule has 1 saturated carbocycles. The van der Waals surface area contributed by atoms with Crippen LogP contribution in [0.1, 0.15) is 43.2 Å². The zero-order valence-corrected chi connectivity index (χ0v) is 15.0. The molecule has 24 heavy (non-hydrogen) atoms. The number of likely N-dealkylation sites (N-methyl/N-ethyl adjacent to an activating group) is 1. The van der Waals surface area contributed by atoms with E-state index in [9.17, 15) is 4.79 Å². The number of fused-ring (bicyclic) bond motifs is 2. The maximum Gasteiger partial charge on any atom is 0.255 e. The Morgan fingerprint density at radius 2 is 2.12 bits per heavy atom. The van der Waals surface area contributed by atoms with Gasteiger partial charge in [-0.1, -0.05) is 12.1 Å². The van der Waals surface area contributed by atoms with E-state index in [1.807, 2.05) is 20.9 Å². The second-order valence-electron chi connectivity index (χ2n) is 7.57. The van der Waals surface area contributed by atoms with Crippen LogP contribution in [0.2, 0.25) is 0 Å². The first-order valence-corrected chi connectivity index (χ1v) is 8.97. The molecule has 6 nitrogen and oxygen atoms in total. The molecule has 3 atom stereocenters. The number of amides is 1. The number of nitrogens with zero attached hydrogens (tertiary/aromatic N) is 4. The highest BCUT2D eigenvalue weighted by Gasteiger charge is 2.60. The molecule has 1 aromatic rings. The molecule has 6 heteroatoms. The van der Waals surface area contributed by atoms with Gasteiger partial charge < -0.3 is 9.42 Å². The SMILES string of the molecule is CCC1=N[C@@]2(CC[C@@H]3CN(Cc4c(C)noc4C)C[C@@H]32)C(=O)N1C. The molecule has 1 spiro atoms. The Balaban J connectivity index is 1.56. The first-order chi connectivity index (χ1) is 11.5. The lowest BCUT2D eigenvalue weighted by atomic mass is 9.85. The van der Waals surface area contributed by atoms with Crippen molar-refractivity contribution in [2.24, 2.45) is 16.8 Å². The first-order valence-electron chi connectivity index (χ1n) is 8.97. The summed E-state index contributed by atoms with van der Waals surface area (Å²) >= 11 is 0. The van der Waals surface area contributed by atoms with Crippen LogP contribution < -0.4 is 0 Å². The predicted molar refractivity (Wildman–Crippen MR) is 90.7 cm³/mol. The average Bonchev–Trinajstić information content (AvgIpc) is 3.26. The molecule has 1 aromatic heterocycles. The third-order valence-electron chi connectivity index (χ3n) is 6.30. The smallest absolute Gasteiger partial charge is 0.255 e. The van der Waals surface area contributed by atoms with Crippen molar-refractivity contribution in [3.63, 3.8) is 0 Å². The van der Waals surface area contributed by atoms with E-state index in [0.29, 0.717) is 11.8 Å². The van der Waals surface area contributed by atoms with Gasteiger partial charge >= 0.3 is 0 Å². The van der Waals surface area contributed by atoms with E-state index in [1.165, 1.54) is 5.56 Å². The number of hydrogen-bond acceptors (Lipinski definition) is 5. The quantitative estimate of drug-likeness (QED) is 0.852. The van der Waals surface area contributed by atoms with Crippen LogP contribution in [0.5, 0.6) is 0 Å². The van der Waals surface area contributed by atoms with Crippen molar-refractivity contribution >= 4 is 11.7 Å². The van der Waals surface area contributed by atoms with Gasteiger partial charge in [-0.05, 0) is 32.6 Å². The van der Waals surface area contributed by atoms with Crippen LogP contribution >= 0.6 is 0 Å². The molecule has 0 N–H and O–H groups in total. The standard InChI is InChI=1S/C18H26N4O2/c1-5-16-19-18(17(23)21(16)4)7-6-13-8-22(10-15(13)18)9-14-11(2)20-24-12(14)3/h13,15H,5-10H2,1-4H3/t13-,15+,18-/m1/s1. The van der Waals surface area contributed by atoms with Crippen LogP contribution in [0, 0.1) is 25.7 Å². The van der Waals surface area contributed by atoms with Crippen molar-refractivity contribution in [1.29, 1.82) is 0 Å². The molecule has 3 aliphatic rings. The van der Waals surface area contributed by atoms with Crippen LogP contribution in [0.25, 0.3) is 0 Å². The number of carbonyl (C=O) groups is 1. The summed E-state index contributed by atoms with van der Waals surface area (Å²) in [7, 11) is 1.88. The molecule has 3 heterocycles. The Morgan fingerprint density at radius 3 is 2.75 bits per heavy atom. The molecule has 4 rings (SSSR count). The van der Waals surface area contributed by atoms with E-state index in [2.05, 4.69) is 17.0 Å². The molecule has 2 aliphatic heterocycles. The zero-order valence-electron chi connectivity index (χ0n) is 15.0. The molecule has 0 aromatic carbocycles. The molecule has 1 amide bonds. The largest absolute Gasteiger partial charge is 0.361 e. The topological polar surface area (TPSA) is 61.9 Å². The van der Waals surface area contributed by atoms with Crippen molar-refractivity contribution in [1.82, 2.24) is 15.0 Å². The molecule has 1 saturated heterocycles. The van der Waals surface area contributed by atoms with Gasteiger partial charge in [-0.25, -0.2) is 0 Å². The number of carbonyl (C=O) groups excluding carboxylic acids is 1. The van der Waals surface area contributed by atoms with Gasteiger partial charge in [0.25, 0.3) is 5.91 Å². The fraction of sp³-hybridized carbons (Fsp3) is 0.722. The molecule has 130 valence electrons. The summed E-state index contributed by atoms with van der Waals surface area (Å²) in [6.07, 6.45) is 2.83. The van der Waals surface area contributed by atoms with Crippen molar-refractivity contribution < 1.29 is 9.32 Å². The highest BCUT2D eigenvalue weighted by atomic mass is 16.5. The van der Waals surface area contributed by atoms with Gasteiger partial charge in [0.05, 0.1) is 5.69 Å². The predicted octanol–water partition coefficient (Wildman–Crippen LogP) is 2.15. The van der Waals surface area contributed by atoms with Gasteiger partial charge in [0.2, 0.25) is 0 Å². The fourth-order valence-corrected chi connectivity index (χ4v) is 4.95. The van der Waals surface area contributed by atoms with E-state index >= 15 is 0 Å². The van der Waals surface area contributed by atoms with Crippen LogP contribution in [-0.2, 0) is 11.3 Å². The first kappa shape index (κ1) is 15.8. The Kier molecular flexibility index (Phi) is 3.56. The van der Waals surface area contributed by atoms with Crippen LogP contribution in [0.4, 0.5) is 0 Å². The number of amidine groups is 1. The highest BCUT2D eigenvalue weighted by molar-refractivity contribution is 6.08. The molecular formula is C18H26N4O2. The summed E-state index contributed by atoms with van der Waals surface area (Å²) in [5.41, 5.74) is 1.68. The molecule has 0 unspecified atom stereocenters. The molecular weight excluding hydrogens is 304 g/mol. The summed E-state index contributed by atoms with van der Waals surface area (Å²) < 4.78 is 5.29. The maximum atomic E-state index is 12.9. The third kappa shape index (κ3) is 2.08. The minimum atomic E-state index is -0.488. The van der Waals surface area contributed by atoms with Gasteiger partial charge in [-0.3, -0.25) is 14.7 Å². The van der Waals surface area contributed by atoms with Crippen molar-refractivity contribution in [3.05, 3.63) is 17.0 Å². The second-order valence-corrected chi connectivity index (χ2v) is 7.57. The monoisotopic (exact) mass is 330 g/mol. The number of rotatable bonds is 3. The lowest BCUT2D eigenvalue weighted by Crippen LogP contribution is -2.45. The Hall–Kier alpha value is -1.69. The summed E-state index contributed by atoms with van der Waals surface area (Å²) in [6, 6.07) is 0. The van der Waals surface area contributed by atoms with E-state index in [0.717, 1.165) is 56.2 Å². The Morgan fingerprint density at radius 1 is 1.33 bits per heavy atom. The number of aromatic nitrogens is 1. The van der Waals surface area contributed by atoms with Gasteiger partial charge in [-0.2, -0.15) is 0 Å². The summed E-state index contributed by atoms with van der Waals surface area (Å²) in [5.74, 6) is 2.98. The van der Waals surface area contributed by atoms with Gasteiger partial charge in [0.1, 0.15) is 17.1 Å². The summed E-state index contributed by atoms with van der Waals surface area (Å²) in [4.78, 5) is 22.1. The molecule has 0 bridgehead atoms. The minimum absolute atomic E-state index is 0.214. The Bertz CT molecular complexity index is 690. The van der Waals surface area contributed by atoms with E-state index < -0.39 is 5.54 Å². The van der Waals surface area contributed by atoms with E-state index in [-0.39, 0.29) is 5.91 Å². The highest BCUT2D eigenvalue weighted by Crippen LogP contribution is 2.50. The van der Waals surface area contributed by atoms with E-state index in [4.69, 9.17) is 9.52 Å². The summed E-state index contributed by atoms with van der Waals surface area (Å²) in [5, 5.41) is 4.06. The lowest BCUT2D eigenvalue weighted by molar-refractivity contribution is -0.131.